The summed E-state index contributed by atoms with van der Waals surface area (Å²) in [7, 11) is 3.69. The summed E-state index contributed by atoms with van der Waals surface area (Å²) in [5, 5.41) is 8.64. The highest BCUT2D eigenvalue weighted by molar-refractivity contribution is 5.91. The maximum Gasteiger partial charge on any atom is 0.294 e. The van der Waals surface area contributed by atoms with Crippen molar-refractivity contribution in [2.45, 2.75) is 19.5 Å². The minimum absolute atomic E-state index is 0.0323. The molecule has 1 aliphatic rings. The van der Waals surface area contributed by atoms with Crippen LogP contribution in [-0.2, 0) is 11.3 Å². The van der Waals surface area contributed by atoms with Crippen molar-refractivity contribution in [3.63, 3.8) is 0 Å². The van der Waals surface area contributed by atoms with Gasteiger partial charge in [-0.2, -0.15) is 0 Å². The van der Waals surface area contributed by atoms with Crippen LogP contribution in [0.25, 0.3) is 0 Å². The Morgan fingerprint density at radius 1 is 1.50 bits per heavy atom. The molecule has 1 aromatic heterocycles. The van der Waals surface area contributed by atoms with Gasteiger partial charge in [-0.3, -0.25) is 14.8 Å². The van der Waals surface area contributed by atoms with Crippen LogP contribution in [0.1, 0.15) is 29.3 Å². The van der Waals surface area contributed by atoms with E-state index in [-0.39, 0.29) is 17.6 Å². The molecule has 2 amide bonds. The smallest absolute Gasteiger partial charge is 0.294 e. The molecule has 0 aliphatic carbocycles. The van der Waals surface area contributed by atoms with Crippen LogP contribution in [0, 0.1) is 0 Å². The van der Waals surface area contributed by atoms with Crippen molar-refractivity contribution < 1.29 is 14.8 Å². The van der Waals surface area contributed by atoms with Crippen LogP contribution >= 0.6 is 0 Å². The fourth-order valence-corrected chi connectivity index (χ4v) is 2.36. The van der Waals surface area contributed by atoms with E-state index in [0.717, 1.165) is 0 Å². The third kappa shape index (κ3) is 2.66. The average Bonchev–Trinajstić information content (AvgIpc) is 2.82. The van der Waals surface area contributed by atoms with Crippen LogP contribution in [0.15, 0.2) is 6.20 Å². The molecule has 2 heterocycles. The summed E-state index contributed by atoms with van der Waals surface area (Å²) in [6, 6.07) is -0.198. The number of likely N-dealkylation sites (N-methyl/N-ethyl adjacent to an activating group) is 1. The lowest BCUT2D eigenvalue weighted by Crippen LogP contribution is -2.44. The van der Waals surface area contributed by atoms with Crippen molar-refractivity contribution in [3.05, 3.63) is 17.7 Å². The molecule has 1 aromatic rings. The molecule has 0 fully saturated rings. The second kappa shape index (κ2) is 5.59. The minimum atomic E-state index is -0.648. The van der Waals surface area contributed by atoms with Crippen molar-refractivity contribution in [2.24, 2.45) is 0 Å². The lowest BCUT2D eigenvalue weighted by molar-refractivity contribution is -0.135. The van der Waals surface area contributed by atoms with E-state index in [4.69, 9.17) is 5.21 Å². The normalized spacial score (nSPS) is 18.1. The van der Waals surface area contributed by atoms with Gasteiger partial charge in [-0.15, -0.1) is 0 Å². The maximum atomic E-state index is 12.2. The first-order valence-corrected chi connectivity index (χ1v) is 6.39. The highest BCUT2D eigenvalue weighted by Gasteiger charge is 2.30. The van der Waals surface area contributed by atoms with Crippen molar-refractivity contribution in [2.75, 3.05) is 27.2 Å². The molecule has 0 bridgehead atoms. The van der Waals surface area contributed by atoms with E-state index in [2.05, 4.69) is 4.98 Å². The highest BCUT2D eigenvalue weighted by atomic mass is 16.5. The fraction of sp³-hybridized carbons (Fsp3) is 0.583. The number of carbonyl (C=O) groups is 2. The average molecular weight is 281 g/mol. The molecule has 2 rings (SSSR count). The predicted octanol–water partition coefficient (Wildman–Crippen LogP) is -0.533. The fourth-order valence-electron chi connectivity index (χ4n) is 2.36. The van der Waals surface area contributed by atoms with Gasteiger partial charge in [-0.1, -0.05) is 0 Å². The molecule has 0 spiro atoms. The van der Waals surface area contributed by atoms with Gasteiger partial charge in [-0.25, -0.2) is 10.5 Å². The van der Waals surface area contributed by atoms with Crippen LogP contribution in [-0.4, -0.2) is 63.6 Å². The number of carbonyl (C=O) groups excluding carboxylic acids is 2. The summed E-state index contributed by atoms with van der Waals surface area (Å²) in [6.07, 6.45) is 1.59. The second-order valence-electron chi connectivity index (χ2n) is 5.12. The SMILES string of the molecule is CC1c2nc(C(=O)NO)cn2CCN1C(=O)CN(C)C. The molecule has 0 saturated carbocycles. The molecule has 20 heavy (non-hydrogen) atoms. The Bertz CT molecular complexity index is 525. The zero-order valence-corrected chi connectivity index (χ0v) is 11.8. The maximum absolute atomic E-state index is 12.2. The Labute approximate surface area is 116 Å². The van der Waals surface area contributed by atoms with Gasteiger partial charge in [0.2, 0.25) is 5.91 Å². The Morgan fingerprint density at radius 2 is 2.20 bits per heavy atom. The van der Waals surface area contributed by atoms with Crippen LogP contribution in [0.5, 0.6) is 0 Å². The van der Waals surface area contributed by atoms with E-state index in [1.165, 1.54) is 0 Å². The second-order valence-corrected chi connectivity index (χ2v) is 5.12. The third-order valence-corrected chi connectivity index (χ3v) is 3.34. The molecular weight excluding hydrogens is 262 g/mol. The van der Waals surface area contributed by atoms with Gasteiger partial charge >= 0.3 is 0 Å². The van der Waals surface area contributed by atoms with Gasteiger partial charge in [0.1, 0.15) is 11.5 Å². The van der Waals surface area contributed by atoms with Gasteiger partial charge in [0.05, 0.1) is 12.6 Å². The number of hydrogen-bond acceptors (Lipinski definition) is 5. The molecule has 2 N–H and O–H groups in total. The number of imidazole rings is 1. The molecule has 1 atom stereocenters. The summed E-state index contributed by atoms with van der Waals surface area (Å²) in [4.78, 5) is 31.3. The zero-order chi connectivity index (χ0) is 14.9. The number of nitrogens with one attached hydrogen (secondary N) is 1. The Balaban J connectivity index is 2.20. The van der Waals surface area contributed by atoms with Crippen molar-refractivity contribution >= 4 is 11.8 Å². The van der Waals surface area contributed by atoms with Gasteiger partial charge in [0.25, 0.3) is 5.91 Å². The van der Waals surface area contributed by atoms with Crippen LogP contribution in [0.2, 0.25) is 0 Å². The summed E-state index contributed by atoms with van der Waals surface area (Å²) < 4.78 is 1.84. The summed E-state index contributed by atoms with van der Waals surface area (Å²) in [5.41, 5.74) is 1.71. The van der Waals surface area contributed by atoms with Crippen molar-refractivity contribution in [1.29, 1.82) is 0 Å². The molecular formula is C12H19N5O3. The monoisotopic (exact) mass is 281 g/mol. The minimum Gasteiger partial charge on any atom is -0.331 e. The van der Waals surface area contributed by atoms with Crippen molar-refractivity contribution in [1.82, 2.24) is 24.8 Å². The van der Waals surface area contributed by atoms with Gasteiger partial charge in [0.15, 0.2) is 0 Å². The summed E-state index contributed by atoms with van der Waals surface area (Å²) in [6.45, 7) is 3.39. The Morgan fingerprint density at radius 3 is 2.80 bits per heavy atom. The molecule has 0 saturated heterocycles. The Kier molecular flexibility index (Phi) is 4.05. The van der Waals surface area contributed by atoms with E-state index < -0.39 is 5.91 Å². The number of hydrogen-bond donors (Lipinski definition) is 2. The zero-order valence-electron chi connectivity index (χ0n) is 11.8. The number of aromatic nitrogens is 2. The number of amides is 2. The quantitative estimate of drug-likeness (QED) is 0.574. The number of rotatable bonds is 3. The highest BCUT2D eigenvalue weighted by Crippen LogP contribution is 2.24. The molecule has 1 aliphatic heterocycles. The van der Waals surface area contributed by atoms with Gasteiger partial charge in [-0.05, 0) is 21.0 Å². The van der Waals surface area contributed by atoms with E-state index in [9.17, 15) is 9.59 Å². The molecule has 0 radical (unpaired) electrons. The van der Waals surface area contributed by atoms with E-state index in [0.29, 0.717) is 25.5 Å². The number of hydroxylamine groups is 1. The van der Waals surface area contributed by atoms with Gasteiger partial charge < -0.3 is 14.4 Å². The standard InChI is InChI=1S/C12H19N5O3/c1-8-11-13-9(12(19)14-20)6-16(11)4-5-17(8)10(18)7-15(2)3/h6,8,20H,4-5,7H2,1-3H3,(H,14,19). The van der Waals surface area contributed by atoms with E-state index >= 15 is 0 Å². The molecule has 0 aromatic carbocycles. The first kappa shape index (κ1) is 14.5. The van der Waals surface area contributed by atoms with E-state index in [1.54, 1.807) is 16.6 Å². The topological polar surface area (TPSA) is 90.7 Å². The van der Waals surface area contributed by atoms with Crippen LogP contribution < -0.4 is 5.48 Å². The first-order valence-electron chi connectivity index (χ1n) is 6.39. The molecule has 8 heteroatoms. The number of fused-ring (bicyclic) bond motifs is 1. The predicted molar refractivity (Wildman–Crippen MR) is 70.2 cm³/mol. The number of nitrogens with zero attached hydrogens (tertiary/aromatic N) is 4. The van der Waals surface area contributed by atoms with E-state index in [1.807, 2.05) is 30.5 Å². The third-order valence-electron chi connectivity index (χ3n) is 3.34. The lowest BCUT2D eigenvalue weighted by Gasteiger charge is -2.34. The van der Waals surface area contributed by atoms with Crippen molar-refractivity contribution in [3.8, 4) is 0 Å². The lowest BCUT2D eigenvalue weighted by atomic mass is 10.2. The van der Waals surface area contributed by atoms with Crippen LogP contribution in [0.4, 0.5) is 0 Å². The molecule has 8 nitrogen and oxygen atoms in total. The summed E-state index contributed by atoms with van der Waals surface area (Å²) >= 11 is 0. The molecule has 110 valence electrons. The molecule has 1 unspecified atom stereocenters. The van der Waals surface area contributed by atoms with Crippen LogP contribution in [0.3, 0.4) is 0 Å². The van der Waals surface area contributed by atoms with Gasteiger partial charge in [0, 0.05) is 19.3 Å². The largest absolute Gasteiger partial charge is 0.331 e. The Hall–Kier alpha value is -1.93. The summed E-state index contributed by atoms with van der Waals surface area (Å²) in [5.74, 6) is 0.0390. The first-order chi connectivity index (χ1) is 9.43.